The first-order valence-electron chi connectivity index (χ1n) is 10.1. The van der Waals surface area contributed by atoms with Crippen molar-refractivity contribution < 1.29 is 0 Å². The van der Waals surface area contributed by atoms with Gasteiger partial charge in [0, 0.05) is 17.1 Å². The van der Waals surface area contributed by atoms with Crippen LogP contribution >= 0.6 is 0 Å². The van der Waals surface area contributed by atoms with Crippen LogP contribution in [0.25, 0.3) is 10.9 Å². The van der Waals surface area contributed by atoms with Gasteiger partial charge in [0.05, 0.1) is 0 Å². The number of H-pyrrole nitrogens is 1. The van der Waals surface area contributed by atoms with Crippen molar-refractivity contribution in [2.24, 2.45) is 0 Å². The largest absolute Gasteiger partial charge is 0.361 e. The fourth-order valence-corrected chi connectivity index (χ4v) is 4.32. The molecule has 2 heterocycles. The van der Waals surface area contributed by atoms with Crippen LogP contribution in [0, 0.1) is 6.92 Å². The zero-order valence-electron chi connectivity index (χ0n) is 15.9. The number of aromatic nitrogens is 1. The normalized spacial score (nSPS) is 16.3. The zero-order chi connectivity index (χ0) is 17.8. The average Bonchev–Trinajstić information content (AvgIpc) is 3.10. The summed E-state index contributed by atoms with van der Waals surface area (Å²) in [7, 11) is 0. The van der Waals surface area contributed by atoms with Gasteiger partial charge in [-0.05, 0) is 81.8 Å². The molecule has 0 amide bonds. The van der Waals surface area contributed by atoms with Crippen LogP contribution in [-0.4, -0.2) is 29.5 Å². The predicted octanol–water partition coefficient (Wildman–Crippen LogP) is 5.68. The molecule has 0 bridgehead atoms. The maximum Gasteiger partial charge on any atom is 0.0456 e. The van der Waals surface area contributed by atoms with Crippen LogP contribution in [0.3, 0.4) is 0 Å². The van der Waals surface area contributed by atoms with E-state index in [1.54, 1.807) is 0 Å². The first kappa shape index (κ1) is 17.4. The quantitative estimate of drug-likeness (QED) is 0.569. The summed E-state index contributed by atoms with van der Waals surface area (Å²) < 4.78 is 0. The molecule has 2 nitrogen and oxygen atoms in total. The smallest absolute Gasteiger partial charge is 0.0456 e. The topological polar surface area (TPSA) is 19.0 Å². The highest BCUT2D eigenvalue weighted by Gasteiger charge is 2.20. The van der Waals surface area contributed by atoms with E-state index in [0.29, 0.717) is 0 Å². The number of aromatic amines is 1. The lowest BCUT2D eigenvalue weighted by molar-refractivity contribution is 0.209. The number of unbranched alkanes of at least 4 members (excludes halogenated alkanes) is 1. The molecule has 1 fully saturated rings. The maximum atomic E-state index is 3.39. The molecule has 0 saturated carbocycles. The lowest BCUT2D eigenvalue weighted by atomic mass is 9.89. The average molecular weight is 347 g/mol. The number of fused-ring (bicyclic) bond motifs is 1. The number of nitrogens with one attached hydrogen (secondary N) is 1. The van der Waals surface area contributed by atoms with E-state index in [-0.39, 0.29) is 0 Å². The summed E-state index contributed by atoms with van der Waals surface area (Å²) in [4.78, 5) is 6.06. The van der Waals surface area contributed by atoms with Gasteiger partial charge in [-0.3, -0.25) is 0 Å². The standard InChI is InChI=1S/C24H30N2/c1-19-9-11-20(12-10-19)21-13-16-26(17-14-21)15-5-4-6-22-18-25-24-8-3-2-7-23(22)24/h2-3,7-12,18,21,25H,4-6,13-17H2,1H3. The lowest BCUT2D eigenvalue weighted by Gasteiger charge is -2.32. The molecule has 1 aliphatic heterocycles. The predicted molar refractivity (Wildman–Crippen MR) is 111 cm³/mol. The van der Waals surface area contributed by atoms with Crippen LogP contribution < -0.4 is 0 Å². The minimum absolute atomic E-state index is 0.762. The van der Waals surface area contributed by atoms with Gasteiger partial charge in [0.2, 0.25) is 0 Å². The Bertz CT molecular complexity index is 823. The second-order valence-electron chi connectivity index (χ2n) is 7.84. The molecule has 26 heavy (non-hydrogen) atoms. The van der Waals surface area contributed by atoms with Crippen molar-refractivity contribution in [2.45, 2.75) is 44.9 Å². The molecule has 1 aromatic heterocycles. The summed E-state index contributed by atoms with van der Waals surface area (Å²) in [6.45, 7) is 5.93. The highest BCUT2D eigenvalue weighted by atomic mass is 15.1. The van der Waals surface area contributed by atoms with E-state index in [9.17, 15) is 0 Å². The highest BCUT2D eigenvalue weighted by molar-refractivity contribution is 5.82. The summed E-state index contributed by atoms with van der Waals surface area (Å²) in [6.07, 6.45) is 8.58. The Hall–Kier alpha value is -2.06. The Kier molecular flexibility index (Phi) is 5.40. The third-order valence-corrected chi connectivity index (χ3v) is 5.98. The number of piperidine rings is 1. The number of aryl methyl sites for hydroxylation is 2. The molecule has 1 N–H and O–H groups in total. The number of rotatable bonds is 6. The van der Waals surface area contributed by atoms with E-state index >= 15 is 0 Å². The molecule has 0 unspecified atom stereocenters. The maximum absolute atomic E-state index is 3.39. The molecule has 4 rings (SSSR count). The third-order valence-electron chi connectivity index (χ3n) is 5.98. The molecular formula is C24H30N2. The summed E-state index contributed by atoms with van der Waals surface area (Å²) in [5.74, 6) is 0.762. The van der Waals surface area contributed by atoms with E-state index in [4.69, 9.17) is 0 Å². The number of nitrogens with zero attached hydrogens (tertiary/aromatic N) is 1. The van der Waals surface area contributed by atoms with Crippen molar-refractivity contribution in [3.05, 3.63) is 71.4 Å². The molecule has 1 saturated heterocycles. The molecule has 0 radical (unpaired) electrons. The van der Waals surface area contributed by atoms with E-state index in [2.05, 4.69) is 71.5 Å². The van der Waals surface area contributed by atoms with Gasteiger partial charge in [-0.2, -0.15) is 0 Å². The molecule has 0 aliphatic carbocycles. The Labute approximate surface area is 157 Å². The minimum Gasteiger partial charge on any atom is -0.361 e. The summed E-state index contributed by atoms with van der Waals surface area (Å²) in [5, 5.41) is 1.39. The summed E-state index contributed by atoms with van der Waals surface area (Å²) in [5.41, 5.74) is 5.63. The van der Waals surface area contributed by atoms with Gasteiger partial charge in [0.1, 0.15) is 0 Å². The van der Waals surface area contributed by atoms with Gasteiger partial charge >= 0.3 is 0 Å². The number of para-hydroxylation sites is 1. The van der Waals surface area contributed by atoms with Crippen molar-refractivity contribution >= 4 is 10.9 Å². The molecule has 0 spiro atoms. The van der Waals surface area contributed by atoms with E-state index in [1.807, 2.05) is 0 Å². The van der Waals surface area contributed by atoms with Crippen LogP contribution in [-0.2, 0) is 6.42 Å². The Morgan fingerprint density at radius 3 is 2.54 bits per heavy atom. The van der Waals surface area contributed by atoms with Crippen molar-refractivity contribution in [2.75, 3.05) is 19.6 Å². The monoisotopic (exact) mass is 346 g/mol. The second kappa shape index (κ2) is 8.09. The van der Waals surface area contributed by atoms with Crippen LogP contribution in [0.2, 0.25) is 0 Å². The molecule has 3 aromatic rings. The minimum atomic E-state index is 0.762. The SMILES string of the molecule is Cc1ccc(C2CCN(CCCCc3c[nH]c4ccccc34)CC2)cc1. The first-order valence-corrected chi connectivity index (χ1v) is 10.1. The second-order valence-corrected chi connectivity index (χ2v) is 7.84. The van der Waals surface area contributed by atoms with Crippen LogP contribution in [0.15, 0.2) is 54.7 Å². The fraction of sp³-hybridized carbons (Fsp3) is 0.417. The lowest BCUT2D eigenvalue weighted by Crippen LogP contribution is -2.33. The Morgan fingerprint density at radius 2 is 1.73 bits per heavy atom. The zero-order valence-corrected chi connectivity index (χ0v) is 15.9. The first-order chi connectivity index (χ1) is 12.8. The Balaban J connectivity index is 1.20. The highest BCUT2D eigenvalue weighted by Crippen LogP contribution is 2.28. The van der Waals surface area contributed by atoms with Gasteiger partial charge in [-0.25, -0.2) is 0 Å². The van der Waals surface area contributed by atoms with Gasteiger partial charge < -0.3 is 9.88 Å². The number of hydrogen-bond acceptors (Lipinski definition) is 1. The van der Waals surface area contributed by atoms with Crippen molar-refractivity contribution in [3.63, 3.8) is 0 Å². The molecule has 136 valence electrons. The number of benzene rings is 2. The third kappa shape index (κ3) is 4.02. The van der Waals surface area contributed by atoms with E-state index in [1.165, 1.54) is 79.3 Å². The number of likely N-dealkylation sites (tertiary alicyclic amines) is 1. The van der Waals surface area contributed by atoms with Gasteiger partial charge in [0.25, 0.3) is 0 Å². The molecule has 2 heteroatoms. The van der Waals surface area contributed by atoms with Gasteiger partial charge in [0.15, 0.2) is 0 Å². The summed E-state index contributed by atoms with van der Waals surface area (Å²) >= 11 is 0. The van der Waals surface area contributed by atoms with Gasteiger partial charge in [-0.1, -0.05) is 48.0 Å². The molecule has 0 atom stereocenters. The van der Waals surface area contributed by atoms with Crippen LogP contribution in [0.1, 0.15) is 48.3 Å². The van der Waals surface area contributed by atoms with Crippen LogP contribution in [0.5, 0.6) is 0 Å². The van der Waals surface area contributed by atoms with E-state index in [0.717, 1.165) is 5.92 Å². The van der Waals surface area contributed by atoms with Crippen molar-refractivity contribution in [1.29, 1.82) is 0 Å². The van der Waals surface area contributed by atoms with Crippen molar-refractivity contribution in [1.82, 2.24) is 9.88 Å². The Morgan fingerprint density at radius 1 is 0.962 bits per heavy atom. The van der Waals surface area contributed by atoms with Crippen molar-refractivity contribution in [3.8, 4) is 0 Å². The van der Waals surface area contributed by atoms with Gasteiger partial charge in [-0.15, -0.1) is 0 Å². The summed E-state index contributed by atoms with van der Waals surface area (Å²) in [6, 6.07) is 17.8. The fourth-order valence-electron chi connectivity index (χ4n) is 4.32. The molecular weight excluding hydrogens is 316 g/mol. The number of hydrogen-bond donors (Lipinski definition) is 1. The van der Waals surface area contributed by atoms with Crippen LogP contribution in [0.4, 0.5) is 0 Å². The molecule has 2 aromatic carbocycles. The van der Waals surface area contributed by atoms with E-state index < -0.39 is 0 Å². The molecule has 1 aliphatic rings.